The Morgan fingerprint density at radius 1 is 0.218 bits per heavy atom. The number of hydrogen-bond donors (Lipinski definition) is 0. The molecule has 6 nitrogen and oxygen atoms in total. The first kappa shape index (κ1) is 69.6. The van der Waals surface area contributed by atoms with Crippen LogP contribution < -0.4 is 19.6 Å². The van der Waals surface area contributed by atoms with Crippen LogP contribution in [0.5, 0.6) is 0 Å². The smallest absolute Gasteiger partial charge is 0.0622 e. The molecule has 0 bridgehead atoms. The van der Waals surface area contributed by atoms with E-state index in [1.54, 1.807) is 0 Å². The van der Waals surface area contributed by atoms with Gasteiger partial charge in [-0.2, -0.15) is 0 Å². The highest BCUT2D eigenvalue weighted by atomic mass is 15.2. The normalized spacial score (nSPS) is 12.5. The zero-order valence-corrected chi connectivity index (χ0v) is 66.4. The van der Waals surface area contributed by atoms with Gasteiger partial charge in [0.2, 0.25) is 0 Å². The topological polar surface area (TPSA) is 21.8 Å². The first-order valence-corrected chi connectivity index (χ1v) is 39.2. The van der Waals surface area contributed by atoms with E-state index in [4.69, 9.17) is 0 Å². The number of aromatic nitrogens is 2. The van der Waals surface area contributed by atoms with Gasteiger partial charge >= 0.3 is 0 Å². The first-order chi connectivity index (χ1) is 52.8. The van der Waals surface area contributed by atoms with Crippen molar-refractivity contribution >= 4 is 144 Å². The van der Waals surface area contributed by atoms with Crippen LogP contribution in [0.25, 0.3) is 76.2 Å². The number of fused-ring (bicyclic) bond motifs is 12. The van der Waals surface area contributed by atoms with Crippen LogP contribution in [0.15, 0.2) is 291 Å². The average Bonchev–Trinajstić information content (AvgIpc) is 1.54. The molecular formula is C104H96N6. The summed E-state index contributed by atoms with van der Waals surface area (Å²) in [6, 6.07) is 111. The van der Waals surface area contributed by atoms with Crippen LogP contribution in [-0.4, -0.2) is 8.80 Å². The highest BCUT2D eigenvalue weighted by molar-refractivity contribution is 6.30. The lowest BCUT2D eigenvalue weighted by Crippen LogP contribution is -2.21. The van der Waals surface area contributed by atoms with Crippen LogP contribution in [-0.2, 0) is 21.7 Å². The van der Waals surface area contributed by atoms with E-state index in [0.717, 1.165) is 56.9 Å². The van der Waals surface area contributed by atoms with Gasteiger partial charge in [-0.05, 0) is 228 Å². The zero-order chi connectivity index (χ0) is 76.2. The highest BCUT2D eigenvalue weighted by Gasteiger charge is 2.33. The summed E-state index contributed by atoms with van der Waals surface area (Å²) in [5.74, 6) is 0. The Kier molecular flexibility index (Phi) is 16.3. The molecular weight excluding hydrogens is 1330 g/mol. The van der Waals surface area contributed by atoms with Crippen molar-refractivity contribution in [2.24, 2.45) is 0 Å². The van der Waals surface area contributed by atoms with Crippen molar-refractivity contribution in [3.63, 3.8) is 0 Å². The molecule has 0 atom stereocenters. The summed E-state index contributed by atoms with van der Waals surface area (Å²) in [6.45, 7) is 36.6. The fraction of sp³-hybridized carbons (Fsp3) is 0.192. The Morgan fingerprint density at radius 2 is 0.491 bits per heavy atom. The van der Waals surface area contributed by atoms with Crippen molar-refractivity contribution in [3.8, 4) is 0 Å². The lowest BCUT2D eigenvalue weighted by Gasteiger charge is -2.33. The molecule has 4 heterocycles. The minimum Gasteiger partial charge on any atom is -0.310 e. The molecule has 0 unspecified atom stereocenters. The molecule has 0 aliphatic carbocycles. The van der Waals surface area contributed by atoms with Gasteiger partial charge in [-0.1, -0.05) is 246 Å². The van der Waals surface area contributed by atoms with E-state index in [1.165, 1.54) is 143 Å². The van der Waals surface area contributed by atoms with Crippen LogP contribution in [0.4, 0.5) is 68.2 Å². The molecule has 542 valence electrons. The van der Waals surface area contributed by atoms with Gasteiger partial charge in [0.05, 0.1) is 55.8 Å². The largest absolute Gasteiger partial charge is 0.310 e. The summed E-state index contributed by atoms with van der Waals surface area (Å²) in [7, 11) is 0. The van der Waals surface area contributed by atoms with E-state index >= 15 is 0 Å². The van der Waals surface area contributed by atoms with Crippen molar-refractivity contribution in [2.45, 2.75) is 132 Å². The lowest BCUT2D eigenvalue weighted by atomic mass is 9.77. The van der Waals surface area contributed by atoms with Crippen molar-refractivity contribution in [1.29, 1.82) is 0 Å². The second kappa shape index (κ2) is 25.8. The van der Waals surface area contributed by atoms with Crippen molar-refractivity contribution in [2.75, 3.05) is 19.6 Å². The number of anilines is 12. The Balaban J connectivity index is 0.756. The van der Waals surface area contributed by atoms with E-state index in [-0.39, 0.29) is 16.2 Å². The molecule has 0 spiro atoms. The van der Waals surface area contributed by atoms with Gasteiger partial charge in [-0.3, -0.25) is 0 Å². The van der Waals surface area contributed by atoms with E-state index in [9.17, 15) is 0 Å². The summed E-state index contributed by atoms with van der Waals surface area (Å²) < 4.78 is 5.09. The summed E-state index contributed by atoms with van der Waals surface area (Å²) in [5, 5.41) is 9.82. The summed E-state index contributed by atoms with van der Waals surface area (Å²) in [5.41, 5.74) is 32.9. The number of benzene rings is 14. The summed E-state index contributed by atoms with van der Waals surface area (Å²) >= 11 is 0. The molecule has 14 aromatic carbocycles. The van der Waals surface area contributed by atoms with Crippen LogP contribution in [0.1, 0.15) is 132 Å². The van der Waals surface area contributed by atoms with E-state index < -0.39 is 5.41 Å². The average molecular weight is 1430 g/mol. The van der Waals surface area contributed by atoms with Crippen LogP contribution >= 0.6 is 0 Å². The molecule has 0 fully saturated rings. The van der Waals surface area contributed by atoms with Crippen LogP contribution in [0.2, 0.25) is 0 Å². The Labute approximate surface area is 648 Å². The fourth-order valence-electron chi connectivity index (χ4n) is 17.8. The number of aryl methyl sites for hydroxylation is 5. The third kappa shape index (κ3) is 11.2. The van der Waals surface area contributed by atoms with Gasteiger partial charge < -0.3 is 28.4 Å². The minimum absolute atomic E-state index is 0.0196. The molecule has 6 heteroatoms. The lowest BCUT2D eigenvalue weighted by molar-refractivity contribution is 0.590. The predicted molar refractivity (Wildman–Crippen MR) is 473 cm³/mol. The number of rotatable bonds is 14. The van der Waals surface area contributed by atoms with Crippen molar-refractivity contribution < 1.29 is 0 Å². The van der Waals surface area contributed by atoms with Crippen LogP contribution in [0, 0.1) is 34.6 Å². The van der Waals surface area contributed by atoms with Gasteiger partial charge in [-0.15, -0.1) is 0 Å². The van der Waals surface area contributed by atoms with Crippen molar-refractivity contribution in [1.82, 2.24) is 8.80 Å². The molecule has 0 amide bonds. The molecule has 4 aromatic heterocycles. The van der Waals surface area contributed by atoms with Gasteiger partial charge in [0.1, 0.15) is 0 Å². The second-order valence-electron chi connectivity index (χ2n) is 34.5. The Hall–Kier alpha value is -12.1. The minimum atomic E-state index is -0.422. The Bertz CT molecular complexity index is 6550. The fourth-order valence-corrected chi connectivity index (χ4v) is 17.8. The van der Waals surface area contributed by atoms with E-state index in [2.05, 4.69) is 430 Å². The maximum atomic E-state index is 2.56. The number of para-hydroxylation sites is 4. The third-order valence-electron chi connectivity index (χ3n) is 23.9. The van der Waals surface area contributed by atoms with Gasteiger partial charge in [0.15, 0.2) is 0 Å². The molecule has 18 aromatic rings. The Morgan fingerprint density at radius 3 is 0.827 bits per heavy atom. The first-order valence-electron chi connectivity index (χ1n) is 39.2. The maximum absolute atomic E-state index is 2.56. The molecule has 0 saturated heterocycles. The predicted octanol–water partition coefficient (Wildman–Crippen LogP) is 29.6. The summed E-state index contributed by atoms with van der Waals surface area (Å²) in [6.07, 6.45) is 0. The molecule has 0 aliphatic rings. The zero-order valence-electron chi connectivity index (χ0n) is 66.4. The van der Waals surface area contributed by atoms with E-state index in [0.29, 0.717) is 0 Å². The molecule has 18 rings (SSSR count). The quantitative estimate of drug-likeness (QED) is 0.108. The molecule has 0 N–H and O–H groups in total. The third-order valence-corrected chi connectivity index (χ3v) is 23.9. The van der Waals surface area contributed by atoms with Crippen LogP contribution in [0.3, 0.4) is 0 Å². The van der Waals surface area contributed by atoms with Gasteiger partial charge in [0.25, 0.3) is 0 Å². The summed E-state index contributed by atoms with van der Waals surface area (Å²) in [4.78, 5) is 10.0. The SMILES string of the molecule is Cc1ccc(C)c(N(c2ccccc2C)c2cccc3c2c2cccc4c5c(N(c6ccccc6C)c6cc(C(C)(C)c7ccc(N(c8ccc(C(C)(C)C)cc8)c8cccc9c8c8cccc%10c%11c(N(c%12ccc(C(C)(C)C)cc%12)c%12ccc(C(C)(C)C)cc%12)cccc%11n9c%108)cc7)ccc6C)cccc5n3c24)c1. The standard InChI is InChI=1S/C104H96N6/c1-65-43-44-68(4)93(63-65)107(83-33-19-17-27-66(83)2)87-37-25-41-91-97(87)81-31-22-32-82-98-88(38-26-42-92(98)110(91)100(81)82)108(84-34-20-18-28-67(84)3)94-64-74(46-45-69(94)5)104(15,16)73-53-61-78(62-54-73)106(77-59-51-72(52-60-77)103(12,13)14)86-36-24-40-90-96(86)80-30-21-29-79-95-85(35-23-39-89(95)109(90)99(79)80)105(75-55-47-70(48-56-75)101(6,7)8)76-57-49-71(50-58-76)102(9,10)11/h17-64H,1-16H3. The highest BCUT2D eigenvalue weighted by Crippen LogP contribution is 2.54. The molecule has 0 aliphatic heterocycles. The van der Waals surface area contributed by atoms with E-state index in [1.807, 2.05) is 0 Å². The van der Waals surface area contributed by atoms with Gasteiger partial charge in [0, 0.05) is 94.0 Å². The number of nitrogens with zero attached hydrogens (tertiary/aromatic N) is 6. The number of hydrogen-bond acceptors (Lipinski definition) is 4. The molecule has 0 radical (unpaired) electrons. The second-order valence-corrected chi connectivity index (χ2v) is 34.5. The monoisotopic (exact) mass is 1430 g/mol. The van der Waals surface area contributed by atoms with Gasteiger partial charge in [-0.25, -0.2) is 0 Å². The maximum Gasteiger partial charge on any atom is 0.0622 e. The molecule has 0 saturated carbocycles. The van der Waals surface area contributed by atoms with Crippen molar-refractivity contribution in [3.05, 3.63) is 347 Å². The molecule has 110 heavy (non-hydrogen) atoms.